The molecule has 0 bridgehead atoms. The zero-order chi connectivity index (χ0) is 31.1. The van der Waals surface area contributed by atoms with Crippen LogP contribution in [0.1, 0.15) is 22.3 Å². The molecule has 0 saturated heterocycles. The van der Waals surface area contributed by atoms with Gasteiger partial charge in [0.1, 0.15) is 0 Å². The Labute approximate surface area is 268 Å². The first-order valence-electron chi connectivity index (χ1n) is 15.5. The molecular weight excluding hydrogens is 570 g/mol. The Balaban J connectivity index is 1.15. The Hall–Kier alpha value is -5.88. The molecule has 0 atom stereocenters. The van der Waals surface area contributed by atoms with E-state index in [9.17, 15) is 0 Å². The van der Waals surface area contributed by atoms with E-state index in [2.05, 4.69) is 134 Å². The van der Waals surface area contributed by atoms with E-state index >= 15 is 0 Å². The molecule has 224 valence electrons. The number of nitrogens with zero attached hydrogens (tertiary/aromatic N) is 2. The normalized spacial score (nSPS) is 13.4. The van der Waals surface area contributed by atoms with Gasteiger partial charge in [0.05, 0.1) is 45.5 Å². The number of benzene rings is 6. The predicted molar refractivity (Wildman–Crippen MR) is 185 cm³/mol. The Kier molecular flexibility index (Phi) is 5.66. The minimum absolute atomic E-state index is 0.762. The molecule has 46 heavy (non-hydrogen) atoms. The molecule has 6 aromatic rings. The predicted octanol–water partition coefficient (Wildman–Crippen LogP) is 11.9. The van der Waals surface area contributed by atoms with E-state index in [1.807, 2.05) is 18.2 Å². The molecule has 6 aromatic carbocycles. The van der Waals surface area contributed by atoms with Crippen molar-refractivity contribution in [2.24, 2.45) is 0 Å². The second-order valence-electron chi connectivity index (χ2n) is 12.2. The first-order valence-corrected chi connectivity index (χ1v) is 15.5. The summed E-state index contributed by atoms with van der Waals surface area (Å²) in [5, 5.41) is 3.63. The maximum atomic E-state index is 6.81. The van der Waals surface area contributed by atoms with E-state index in [1.165, 1.54) is 0 Å². The van der Waals surface area contributed by atoms with E-state index in [1.54, 1.807) is 0 Å². The molecule has 0 spiro atoms. The molecule has 0 amide bonds. The van der Waals surface area contributed by atoms with E-state index in [0.29, 0.717) is 0 Å². The van der Waals surface area contributed by atoms with Crippen molar-refractivity contribution in [3.8, 4) is 34.5 Å². The summed E-state index contributed by atoms with van der Waals surface area (Å²) in [6.45, 7) is 8.38. The monoisotopic (exact) mass is 601 g/mol. The molecule has 3 aliphatic heterocycles. The number of fused-ring (bicyclic) bond motifs is 6. The molecular formula is C40H31N3O3. The smallest absolute Gasteiger partial charge is 0.155 e. The first kappa shape index (κ1) is 26.5. The van der Waals surface area contributed by atoms with Gasteiger partial charge in [0.2, 0.25) is 0 Å². The standard InChI is InChI=1S/C40H31N3O3/c1-23-12-17-32-37(20-23)44-38-21-24(2)13-18-33(38)43(32)30-19-16-29-40(26(30)4)46-36-22-27(14-15-28(36)41-29)42-31-9-5-6-11-35(31)45-39-25(3)8-7-10-34(39)42/h5-22,41H,1-4H3. The average molecular weight is 602 g/mol. The van der Waals surface area contributed by atoms with E-state index in [0.717, 1.165) is 102 Å². The van der Waals surface area contributed by atoms with Gasteiger partial charge in [-0.05, 0) is 111 Å². The Morgan fingerprint density at radius 3 is 1.89 bits per heavy atom. The number of hydrogen-bond acceptors (Lipinski definition) is 6. The Morgan fingerprint density at radius 2 is 1.11 bits per heavy atom. The van der Waals surface area contributed by atoms with Gasteiger partial charge in [-0.15, -0.1) is 0 Å². The first-order chi connectivity index (χ1) is 22.4. The van der Waals surface area contributed by atoms with Crippen LogP contribution >= 0.6 is 0 Å². The highest BCUT2D eigenvalue weighted by atomic mass is 16.5. The summed E-state index contributed by atoms with van der Waals surface area (Å²) in [7, 11) is 0. The zero-order valence-electron chi connectivity index (χ0n) is 26.0. The Morgan fingerprint density at radius 1 is 0.457 bits per heavy atom. The lowest BCUT2D eigenvalue weighted by Crippen LogP contribution is -2.18. The lowest BCUT2D eigenvalue weighted by molar-refractivity contribution is 0.471. The molecule has 0 saturated carbocycles. The van der Waals surface area contributed by atoms with Crippen molar-refractivity contribution < 1.29 is 14.2 Å². The van der Waals surface area contributed by atoms with Gasteiger partial charge in [0.15, 0.2) is 34.5 Å². The zero-order valence-corrected chi connectivity index (χ0v) is 26.0. The number of anilines is 8. The highest BCUT2D eigenvalue weighted by Gasteiger charge is 2.31. The third-order valence-corrected chi connectivity index (χ3v) is 9.01. The molecule has 6 heteroatoms. The second kappa shape index (κ2) is 9.81. The molecule has 3 heterocycles. The van der Waals surface area contributed by atoms with Crippen LogP contribution < -0.4 is 29.3 Å². The van der Waals surface area contributed by atoms with Crippen LogP contribution in [0.2, 0.25) is 0 Å². The van der Waals surface area contributed by atoms with Crippen LogP contribution in [-0.2, 0) is 0 Å². The summed E-state index contributed by atoms with van der Waals surface area (Å²) in [5.74, 6) is 4.92. The highest BCUT2D eigenvalue weighted by molar-refractivity contribution is 5.92. The molecule has 1 N–H and O–H groups in total. The van der Waals surface area contributed by atoms with Crippen molar-refractivity contribution >= 4 is 45.5 Å². The van der Waals surface area contributed by atoms with Crippen LogP contribution in [0.3, 0.4) is 0 Å². The van der Waals surface area contributed by atoms with Crippen molar-refractivity contribution in [3.05, 3.63) is 131 Å². The molecule has 9 rings (SSSR count). The summed E-state index contributed by atoms with van der Waals surface area (Å²) in [6, 6.07) is 37.7. The fourth-order valence-corrected chi connectivity index (χ4v) is 6.72. The van der Waals surface area contributed by atoms with Gasteiger partial charge in [0.25, 0.3) is 0 Å². The lowest BCUT2D eigenvalue weighted by Gasteiger charge is -2.36. The van der Waals surface area contributed by atoms with Crippen LogP contribution in [0.4, 0.5) is 45.5 Å². The number of para-hydroxylation sites is 3. The quantitative estimate of drug-likeness (QED) is 0.213. The van der Waals surface area contributed by atoms with E-state index in [4.69, 9.17) is 14.2 Å². The van der Waals surface area contributed by atoms with Crippen molar-refractivity contribution in [2.75, 3.05) is 15.1 Å². The fraction of sp³-hybridized carbons (Fsp3) is 0.100. The topological polar surface area (TPSA) is 46.2 Å². The third kappa shape index (κ3) is 3.96. The van der Waals surface area contributed by atoms with Gasteiger partial charge in [0, 0.05) is 11.6 Å². The largest absolute Gasteiger partial charge is 0.453 e. The summed E-state index contributed by atoms with van der Waals surface area (Å²) in [5.41, 5.74) is 12.3. The summed E-state index contributed by atoms with van der Waals surface area (Å²) in [6.07, 6.45) is 0. The molecule has 0 radical (unpaired) electrons. The molecule has 3 aliphatic rings. The van der Waals surface area contributed by atoms with Crippen LogP contribution in [0.15, 0.2) is 109 Å². The number of aryl methyl sites for hydroxylation is 3. The maximum absolute atomic E-state index is 6.81. The van der Waals surface area contributed by atoms with Crippen LogP contribution in [0.5, 0.6) is 34.5 Å². The van der Waals surface area contributed by atoms with Crippen LogP contribution in [0.25, 0.3) is 0 Å². The molecule has 6 nitrogen and oxygen atoms in total. The van der Waals surface area contributed by atoms with Crippen molar-refractivity contribution in [1.29, 1.82) is 0 Å². The number of hydrogen-bond donors (Lipinski definition) is 1. The SMILES string of the molecule is Cc1ccc2c(c1)Oc1cc(C)ccc1N2c1ccc2c(c1C)Oc1cc(N3c4ccccc4Oc4c(C)cccc43)ccc1N2. The lowest BCUT2D eigenvalue weighted by atomic mass is 10.0. The van der Waals surface area contributed by atoms with Gasteiger partial charge in [-0.2, -0.15) is 0 Å². The minimum Gasteiger partial charge on any atom is -0.453 e. The van der Waals surface area contributed by atoms with Crippen LogP contribution in [0, 0.1) is 27.7 Å². The minimum atomic E-state index is 0.762. The summed E-state index contributed by atoms with van der Waals surface area (Å²) in [4.78, 5) is 4.52. The van der Waals surface area contributed by atoms with Gasteiger partial charge >= 0.3 is 0 Å². The van der Waals surface area contributed by atoms with Crippen LogP contribution in [-0.4, -0.2) is 0 Å². The fourth-order valence-electron chi connectivity index (χ4n) is 6.72. The summed E-state index contributed by atoms with van der Waals surface area (Å²) >= 11 is 0. The molecule has 0 fully saturated rings. The number of rotatable bonds is 2. The van der Waals surface area contributed by atoms with Gasteiger partial charge < -0.3 is 29.3 Å². The second-order valence-corrected chi connectivity index (χ2v) is 12.2. The van der Waals surface area contributed by atoms with E-state index < -0.39 is 0 Å². The van der Waals surface area contributed by atoms with E-state index in [-0.39, 0.29) is 0 Å². The van der Waals surface area contributed by atoms with Gasteiger partial charge in [-0.3, -0.25) is 0 Å². The maximum Gasteiger partial charge on any atom is 0.155 e. The van der Waals surface area contributed by atoms with Gasteiger partial charge in [-0.25, -0.2) is 0 Å². The Bertz CT molecular complexity index is 2190. The number of nitrogens with one attached hydrogen (secondary N) is 1. The number of ether oxygens (including phenoxy) is 3. The molecule has 0 unspecified atom stereocenters. The van der Waals surface area contributed by atoms with Crippen molar-refractivity contribution in [2.45, 2.75) is 27.7 Å². The average Bonchev–Trinajstić information content (AvgIpc) is 3.06. The summed E-state index contributed by atoms with van der Waals surface area (Å²) < 4.78 is 19.6. The van der Waals surface area contributed by atoms with Crippen molar-refractivity contribution in [1.82, 2.24) is 0 Å². The highest BCUT2D eigenvalue weighted by Crippen LogP contribution is 2.56. The molecule has 0 aromatic heterocycles. The third-order valence-electron chi connectivity index (χ3n) is 9.01. The van der Waals surface area contributed by atoms with Gasteiger partial charge in [-0.1, -0.05) is 36.4 Å². The molecule has 0 aliphatic carbocycles. The van der Waals surface area contributed by atoms with Crippen molar-refractivity contribution in [3.63, 3.8) is 0 Å².